The van der Waals surface area contributed by atoms with Crippen LogP contribution in [0.3, 0.4) is 0 Å². The summed E-state index contributed by atoms with van der Waals surface area (Å²) in [4.78, 5) is 35.0. The number of halogens is 3. The summed E-state index contributed by atoms with van der Waals surface area (Å²) in [5.74, 6) is -0.705. The van der Waals surface area contributed by atoms with Gasteiger partial charge < -0.3 is 20.1 Å². The van der Waals surface area contributed by atoms with E-state index in [1.54, 1.807) is 48.4 Å². The molecule has 0 unspecified atom stereocenters. The van der Waals surface area contributed by atoms with Gasteiger partial charge in [-0.05, 0) is 55.9 Å². The van der Waals surface area contributed by atoms with Gasteiger partial charge in [-0.2, -0.15) is 13.2 Å². The number of rotatable bonds is 9. The number of alkyl halides is 3. The molecule has 3 aromatic carbocycles. The molecule has 4 aromatic rings. The third-order valence-corrected chi connectivity index (χ3v) is 8.81. The molecule has 5 rings (SSSR count). The number of carbonyl (C=O) groups excluding carboxylic acids is 2. The molecule has 2 heterocycles. The Hall–Kier alpha value is -4.26. The molecular weight excluding hydrogens is 617 g/mol. The number of hydrogen-bond donors (Lipinski definition) is 2. The van der Waals surface area contributed by atoms with E-state index in [9.17, 15) is 27.9 Å². The number of ether oxygens (including phenoxy) is 1. The van der Waals surface area contributed by atoms with E-state index >= 15 is 0 Å². The van der Waals surface area contributed by atoms with Crippen molar-refractivity contribution in [1.29, 1.82) is 0 Å². The molecule has 0 saturated carbocycles. The van der Waals surface area contributed by atoms with Crippen molar-refractivity contribution >= 4 is 28.8 Å². The molecular formula is C34H35F3N4O4S. The number of benzene rings is 3. The summed E-state index contributed by atoms with van der Waals surface area (Å²) in [5, 5.41) is 15.6. The zero-order valence-electron chi connectivity index (χ0n) is 25.6. The Morgan fingerprint density at radius 1 is 1.15 bits per heavy atom. The molecule has 2 N–H and O–H groups in total. The molecule has 8 nitrogen and oxygen atoms in total. The van der Waals surface area contributed by atoms with Crippen LogP contribution in [0.5, 0.6) is 5.75 Å². The summed E-state index contributed by atoms with van der Waals surface area (Å²) >= 11 is 1.50. The van der Waals surface area contributed by atoms with Gasteiger partial charge in [-0.25, -0.2) is 4.98 Å². The van der Waals surface area contributed by atoms with Gasteiger partial charge in [0.05, 0.1) is 29.5 Å². The van der Waals surface area contributed by atoms with Gasteiger partial charge in [0.2, 0.25) is 0 Å². The van der Waals surface area contributed by atoms with Crippen LogP contribution < -0.4 is 10.1 Å². The van der Waals surface area contributed by atoms with Crippen LogP contribution in [0.2, 0.25) is 0 Å². The van der Waals surface area contributed by atoms with Crippen molar-refractivity contribution in [2.75, 3.05) is 32.1 Å². The number of nitrogens with zero attached hydrogens (tertiary/aromatic N) is 3. The first-order valence-electron chi connectivity index (χ1n) is 14.8. The minimum Gasteiger partial charge on any atom is -0.486 e. The summed E-state index contributed by atoms with van der Waals surface area (Å²) in [6, 6.07) is 16.6. The molecule has 0 fully saturated rings. The number of aromatic nitrogens is 1. The number of anilines is 1. The standard InChI is InChI=1S/C34H35F3N4O4S/c1-21-17-41(22(2)20-42)33(44)27-5-4-6-28(39-31(43)24-9-11-25(12-10-24)32-38-15-16-46-32)30(27)45-29(21)19-40(3)18-23-7-13-26(14-8-23)34(35,36)37/h4-16,21-22,29,42H,17-20H2,1-3H3,(H,39,43)/t21-,22+,29+/m0/s1. The second kappa shape index (κ2) is 14.0. The minimum atomic E-state index is -4.41. The van der Waals surface area contributed by atoms with Crippen molar-refractivity contribution in [2.45, 2.75) is 38.7 Å². The van der Waals surface area contributed by atoms with E-state index in [1.807, 2.05) is 36.4 Å². The number of likely N-dealkylation sites (N-methyl/N-ethyl adjacent to an activating group) is 1. The number of nitrogens with one attached hydrogen (secondary N) is 1. The average Bonchev–Trinajstić information content (AvgIpc) is 3.58. The van der Waals surface area contributed by atoms with Gasteiger partial charge >= 0.3 is 6.18 Å². The molecule has 0 radical (unpaired) electrons. The lowest BCUT2D eigenvalue weighted by molar-refractivity contribution is -0.137. The maximum absolute atomic E-state index is 13.8. The highest BCUT2D eigenvalue weighted by atomic mass is 32.1. The number of amides is 2. The Labute approximate surface area is 269 Å². The molecule has 1 aliphatic heterocycles. The fraction of sp³-hybridized carbons (Fsp3) is 0.324. The first kappa shape index (κ1) is 33.1. The predicted octanol–water partition coefficient (Wildman–Crippen LogP) is 6.43. The SMILES string of the molecule is C[C@H](CO)N1C[C@H](C)[C@@H](CN(C)Cc2ccc(C(F)(F)F)cc2)Oc2c(NC(=O)c3ccc(-c4nccs4)cc3)cccc2C1=O. The zero-order chi connectivity index (χ0) is 33.0. The third kappa shape index (κ3) is 7.57. The van der Waals surface area contributed by atoms with Crippen LogP contribution >= 0.6 is 11.3 Å². The van der Waals surface area contributed by atoms with Gasteiger partial charge in [0.25, 0.3) is 11.8 Å². The summed E-state index contributed by atoms with van der Waals surface area (Å²) in [6.45, 7) is 4.51. The molecule has 0 spiro atoms. The largest absolute Gasteiger partial charge is 0.486 e. The van der Waals surface area contributed by atoms with E-state index < -0.39 is 23.9 Å². The van der Waals surface area contributed by atoms with Crippen molar-refractivity contribution in [1.82, 2.24) is 14.8 Å². The Bertz CT molecular complexity index is 1650. The second-order valence-corrected chi connectivity index (χ2v) is 12.5. The Kier molecular flexibility index (Phi) is 10.1. The fourth-order valence-corrected chi connectivity index (χ4v) is 6.01. The van der Waals surface area contributed by atoms with Gasteiger partial charge in [0, 0.05) is 48.3 Å². The molecule has 12 heteroatoms. The van der Waals surface area contributed by atoms with Crippen LogP contribution in [0.15, 0.2) is 78.3 Å². The topological polar surface area (TPSA) is 95.0 Å². The predicted molar refractivity (Wildman–Crippen MR) is 171 cm³/mol. The number of hydrogen-bond acceptors (Lipinski definition) is 7. The van der Waals surface area contributed by atoms with E-state index in [0.29, 0.717) is 36.4 Å². The second-order valence-electron chi connectivity index (χ2n) is 11.6. The highest BCUT2D eigenvalue weighted by molar-refractivity contribution is 7.13. The van der Waals surface area contributed by atoms with Crippen LogP contribution in [-0.2, 0) is 12.7 Å². The maximum Gasteiger partial charge on any atom is 0.416 e. The molecule has 1 aromatic heterocycles. The average molecular weight is 653 g/mol. The molecule has 3 atom stereocenters. The minimum absolute atomic E-state index is 0.205. The molecule has 0 bridgehead atoms. The number of para-hydroxylation sites is 1. The van der Waals surface area contributed by atoms with Crippen LogP contribution in [0.4, 0.5) is 18.9 Å². The molecule has 0 saturated heterocycles. The third-order valence-electron chi connectivity index (χ3n) is 7.99. The molecule has 2 amide bonds. The van der Waals surface area contributed by atoms with Gasteiger partial charge in [-0.1, -0.05) is 37.3 Å². The quantitative estimate of drug-likeness (QED) is 0.216. The molecule has 1 aliphatic rings. The van der Waals surface area contributed by atoms with E-state index in [1.165, 1.54) is 23.5 Å². The van der Waals surface area contributed by atoms with Crippen molar-refractivity contribution in [2.24, 2.45) is 5.92 Å². The summed E-state index contributed by atoms with van der Waals surface area (Å²) in [7, 11) is 1.84. The van der Waals surface area contributed by atoms with Crippen molar-refractivity contribution in [3.05, 3.63) is 101 Å². The number of aliphatic hydroxyl groups is 1. The Balaban J connectivity index is 1.40. The fourth-order valence-electron chi connectivity index (χ4n) is 5.37. The van der Waals surface area contributed by atoms with E-state index in [0.717, 1.165) is 22.7 Å². The van der Waals surface area contributed by atoms with Gasteiger partial charge in [-0.15, -0.1) is 11.3 Å². The number of aliphatic hydroxyl groups excluding tert-OH is 1. The highest BCUT2D eigenvalue weighted by Crippen LogP contribution is 2.36. The van der Waals surface area contributed by atoms with Crippen LogP contribution in [0.25, 0.3) is 10.6 Å². The lowest BCUT2D eigenvalue weighted by Crippen LogP contribution is -2.49. The molecule has 0 aliphatic carbocycles. The smallest absolute Gasteiger partial charge is 0.416 e. The maximum atomic E-state index is 13.8. The van der Waals surface area contributed by atoms with Crippen molar-refractivity contribution < 1.29 is 32.6 Å². The summed E-state index contributed by atoms with van der Waals surface area (Å²) in [5.41, 5.74) is 1.86. The number of carbonyl (C=O) groups is 2. The van der Waals surface area contributed by atoms with Crippen molar-refractivity contribution in [3.8, 4) is 16.3 Å². The van der Waals surface area contributed by atoms with E-state index in [-0.39, 0.29) is 35.7 Å². The van der Waals surface area contributed by atoms with E-state index in [4.69, 9.17) is 4.74 Å². The van der Waals surface area contributed by atoms with Gasteiger partial charge in [-0.3, -0.25) is 14.5 Å². The van der Waals surface area contributed by atoms with Gasteiger partial charge in [0.15, 0.2) is 5.75 Å². The first-order chi connectivity index (χ1) is 21.9. The Morgan fingerprint density at radius 2 is 1.87 bits per heavy atom. The normalized spacial score (nSPS) is 17.6. The monoisotopic (exact) mass is 652 g/mol. The lowest BCUT2D eigenvalue weighted by atomic mass is 9.98. The molecule has 242 valence electrons. The zero-order valence-corrected chi connectivity index (χ0v) is 26.4. The summed E-state index contributed by atoms with van der Waals surface area (Å²) < 4.78 is 45.7. The van der Waals surface area contributed by atoms with Crippen molar-refractivity contribution in [3.63, 3.8) is 0 Å². The lowest BCUT2D eigenvalue weighted by Gasteiger charge is -2.38. The number of thiazole rings is 1. The number of fused-ring (bicyclic) bond motifs is 1. The Morgan fingerprint density at radius 3 is 2.50 bits per heavy atom. The van der Waals surface area contributed by atoms with Gasteiger partial charge in [0.1, 0.15) is 11.1 Å². The van der Waals surface area contributed by atoms with E-state index in [2.05, 4.69) is 10.3 Å². The first-order valence-corrected chi connectivity index (χ1v) is 15.7. The highest BCUT2D eigenvalue weighted by Gasteiger charge is 2.35. The summed E-state index contributed by atoms with van der Waals surface area (Å²) in [6.07, 6.45) is -3.17. The van der Waals surface area contributed by atoms with Crippen LogP contribution in [0, 0.1) is 5.92 Å². The van der Waals surface area contributed by atoms with Crippen LogP contribution in [-0.4, -0.2) is 70.6 Å². The van der Waals surface area contributed by atoms with Crippen LogP contribution in [0.1, 0.15) is 45.7 Å². The molecule has 46 heavy (non-hydrogen) atoms.